The summed E-state index contributed by atoms with van der Waals surface area (Å²) in [6.07, 6.45) is 7.58. The molecule has 2 atom stereocenters. The normalized spacial score (nSPS) is 24.3. The van der Waals surface area contributed by atoms with Crippen LogP contribution in [-0.2, 0) is 16.6 Å². The summed E-state index contributed by atoms with van der Waals surface area (Å²) in [5.74, 6) is -0.0224. The summed E-state index contributed by atoms with van der Waals surface area (Å²) in [6.45, 7) is 4.28. The summed E-state index contributed by atoms with van der Waals surface area (Å²) >= 11 is 0. The Morgan fingerprint density at radius 1 is 1.28 bits per heavy atom. The summed E-state index contributed by atoms with van der Waals surface area (Å²) in [6, 6.07) is -0.101. The zero-order chi connectivity index (χ0) is 16.2. The van der Waals surface area contributed by atoms with E-state index >= 15 is 0 Å². The lowest BCUT2D eigenvalue weighted by molar-refractivity contribution is -0.147. The van der Waals surface area contributed by atoms with Gasteiger partial charge in [0.1, 0.15) is 0 Å². The second-order valence-electron chi connectivity index (χ2n) is 6.45. The maximum atomic E-state index is 12.3. The Hall–Kier alpha value is -0.860. The van der Waals surface area contributed by atoms with Crippen molar-refractivity contribution in [1.82, 2.24) is 19.6 Å². The highest BCUT2D eigenvalue weighted by Crippen LogP contribution is 2.30. The topological polar surface area (TPSA) is 76.6 Å². The predicted octanol–water partition coefficient (Wildman–Crippen LogP) is 0.977. The predicted molar refractivity (Wildman–Crippen MR) is 101 cm³/mol. The molecule has 0 unspecified atom stereocenters. The highest BCUT2D eigenvalue weighted by molar-refractivity contribution is 5.85. The van der Waals surface area contributed by atoms with Gasteiger partial charge in [-0.1, -0.05) is 6.42 Å². The van der Waals surface area contributed by atoms with Crippen molar-refractivity contribution in [2.24, 2.45) is 12.8 Å². The van der Waals surface area contributed by atoms with E-state index in [2.05, 4.69) is 10.00 Å². The fraction of sp³-hybridized carbons (Fsp3) is 0.750. The number of nitrogens with two attached hydrogens (primary N) is 1. The molecule has 2 aliphatic heterocycles. The highest BCUT2D eigenvalue weighted by Gasteiger charge is 2.37. The fourth-order valence-electron chi connectivity index (χ4n) is 3.67. The molecule has 0 bridgehead atoms. The van der Waals surface area contributed by atoms with Crippen molar-refractivity contribution < 1.29 is 9.53 Å². The third kappa shape index (κ3) is 5.31. The molecule has 3 rings (SSSR count). The van der Waals surface area contributed by atoms with Crippen LogP contribution in [0.4, 0.5) is 0 Å². The van der Waals surface area contributed by atoms with Crippen molar-refractivity contribution in [1.29, 1.82) is 0 Å². The van der Waals surface area contributed by atoms with E-state index in [-0.39, 0.29) is 49.4 Å². The molecule has 1 aromatic heterocycles. The smallest absolute Gasteiger partial charge is 0.236 e. The van der Waals surface area contributed by atoms with Crippen LogP contribution in [0.3, 0.4) is 0 Å². The number of hydrogen-bond acceptors (Lipinski definition) is 5. The van der Waals surface area contributed by atoms with Crippen LogP contribution in [0.1, 0.15) is 30.9 Å². The number of aryl methyl sites for hydroxylation is 1. The van der Waals surface area contributed by atoms with Crippen LogP contribution in [0.25, 0.3) is 0 Å². The zero-order valence-corrected chi connectivity index (χ0v) is 16.3. The molecule has 25 heavy (non-hydrogen) atoms. The molecular formula is C16H29Cl2N5O2. The number of carbonyl (C=O) groups is 1. The molecule has 0 saturated carbocycles. The van der Waals surface area contributed by atoms with Crippen molar-refractivity contribution in [2.45, 2.75) is 31.4 Å². The molecule has 0 aromatic carbocycles. The second-order valence-corrected chi connectivity index (χ2v) is 6.45. The number of aromatic nitrogens is 2. The van der Waals surface area contributed by atoms with Crippen molar-refractivity contribution >= 4 is 30.7 Å². The maximum Gasteiger partial charge on any atom is 0.236 e. The van der Waals surface area contributed by atoms with E-state index in [9.17, 15) is 4.79 Å². The Labute approximate surface area is 161 Å². The SMILES string of the molecule is Cl.Cl.Cn1cc([C@H]2[C@H](CN3CCCCC3)OCCN2C(=O)CN)cn1. The van der Waals surface area contributed by atoms with E-state index in [1.54, 1.807) is 4.68 Å². The van der Waals surface area contributed by atoms with Crippen molar-refractivity contribution in [3.8, 4) is 0 Å². The molecule has 2 aliphatic rings. The van der Waals surface area contributed by atoms with Gasteiger partial charge in [0.15, 0.2) is 0 Å². The van der Waals surface area contributed by atoms with Crippen LogP contribution < -0.4 is 5.73 Å². The van der Waals surface area contributed by atoms with Crippen LogP contribution in [-0.4, -0.2) is 70.9 Å². The molecule has 0 radical (unpaired) electrons. The minimum atomic E-state index is -0.101. The molecule has 1 amide bonds. The standard InChI is InChI=1S/C16H27N5O2.2ClH/c1-19-11-13(10-18-19)16-14(12-20-5-3-2-4-6-20)23-8-7-21(16)15(22)9-17;;/h10-11,14,16H,2-9,12,17H2,1H3;2*1H/t14-,16-;;/m0../s1. The van der Waals surface area contributed by atoms with E-state index in [4.69, 9.17) is 10.5 Å². The van der Waals surface area contributed by atoms with Gasteiger partial charge >= 0.3 is 0 Å². The van der Waals surface area contributed by atoms with Crippen LogP contribution in [0, 0.1) is 0 Å². The number of piperidine rings is 1. The van der Waals surface area contributed by atoms with Crippen LogP contribution in [0.15, 0.2) is 12.4 Å². The van der Waals surface area contributed by atoms with Gasteiger partial charge in [0.25, 0.3) is 0 Å². The average Bonchev–Trinajstić information content (AvgIpc) is 3.01. The van der Waals surface area contributed by atoms with Crippen molar-refractivity contribution in [2.75, 3.05) is 39.3 Å². The van der Waals surface area contributed by atoms with Gasteiger partial charge < -0.3 is 20.3 Å². The first-order valence-electron chi connectivity index (χ1n) is 8.51. The number of morpholine rings is 1. The van der Waals surface area contributed by atoms with Crippen molar-refractivity contribution in [3.63, 3.8) is 0 Å². The number of ether oxygens (including phenoxy) is 1. The molecule has 0 aliphatic carbocycles. The summed E-state index contributed by atoms with van der Waals surface area (Å²) in [7, 11) is 1.89. The molecule has 2 fully saturated rings. The Kier molecular flexibility index (Phi) is 9.16. The van der Waals surface area contributed by atoms with E-state index in [1.165, 1.54) is 19.3 Å². The van der Waals surface area contributed by atoms with E-state index in [0.717, 1.165) is 25.2 Å². The lowest BCUT2D eigenvalue weighted by atomic mass is 9.99. The Balaban J connectivity index is 0.00000156. The van der Waals surface area contributed by atoms with Crippen LogP contribution in [0.2, 0.25) is 0 Å². The van der Waals surface area contributed by atoms with Crippen LogP contribution >= 0.6 is 24.8 Å². The fourth-order valence-corrected chi connectivity index (χ4v) is 3.67. The van der Waals surface area contributed by atoms with E-state index in [1.807, 2.05) is 24.3 Å². The molecule has 9 heteroatoms. The Bertz CT molecular complexity index is 536. The van der Waals surface area contributed by atoms with Gasteiger partial charge in [0.2, 0.25) is 5.91 Å². The summed E-state index contributed by atoms with van der Waals surface area (Å²) in [4.78, 5) is 16.6. The molecule has 144 valence electrons. The van der Waals surface area contributed by atoms with Gasteiger partial charge in [-0.25, -0.2) is 0 Å². The number of hydrogen-bond donors (Lipinski definition) is 1. The number of carbonyl (C=O) groups excluding carboxylic acids is 1. The van der Waals surface area contributed by atoms with Gasteiger partial charge in [-0.3, -0.25) is 9.48 Å². The number of halogens is 2. The lowest BCUT2D eigenvalue weighted by Gasteiger charge is -2.43. The first-order chi connectivity index (χ1) is 11.2. The quantitative estimate of drug-likeness (QED) is 0.824. The van der Waals surface area contributed by atoms with Gasteiger partial charge in [0, 0.05) is 31.9 Å². The highest BCUT2D eigenvalue weighted by atomic mass is 35.5. The molecular weight excluding hydrogens is 365 g/mol. The molecule has 2 saturated heterocycles. The maximum absolute atomic E-state index is 12.3. The van der Waals surface area contributed by atoms with E-state index in [0.29, 0.717) is 13.2 Å². The monoisotopic (exact) mass is 393 g/mol. The first kappa shape index (κ1) is 22.2. The number of rotatable bonds is 4. The largest absolute Gasteiger partial charge is 0.373 e. The zero-order valence-electron chi connectivity index (χ0n) is 14.7. The summed E-state index contributed by atoms with van der Waals surface area (Å²) in [5, 5.41) is 4.27. The first-order valence-corrected chi connectivity index (χ1v) is 8.51. The molecule has 2 N–H and O–H groups in total. The Morgan fingerprint density at radius 2 is 2.00 bits per heavy atom. The minimum Gasteiger partial charge on any atom is -0.373 e. The van der Waals surface area contributed by atoms with Crippen molar-refractivity contribution in [3.05, 3.63) is 18.0 Å². The number of likely N-dealkylation sites (tertiary alicyclic amines) is 1. The number of nitrogens with zero attached hydrogens (tertiary/aromatic N) is 4. The van der Waals surface area contributed by atoms with Crippen LogP contribution in [0.5, 0.6) is 0 Å². The third-order valence-electron chi connectivity index (χ3n) is 4.80. The summed E-state index contributed by atoms with van der Waals surface area (Å²) < 4.78 is 7.84. The molecule has 7 nitrogen and oxygen atoms in total. The third-order valence-corrected chi connectivity index (χ3v) is 4.80. The second kappa shape index (κ2) is 10.3. The molecule has 1 aromatic rings. The summed E-state index contributed by atoms with van der Waals surface area (Å²) in [5.41, 5.74) is 6.64. The van der Waals surface area contributed by atoms with E-state index < -0.39 is 0 Å². The molecule has 3 heterocycles. The lowest BCUT2D eigenvalue weighted by Crippen LogP contribution is -2.53. The average molecular weight is 394 g/mol. The minimum absolute atomic E-state index is 0. The molecule has 0 spiro atoms. The van der Waals surface area contributed by atoms with Gasteiger partial charge in [-0.15, -0.1) is 24.8 Å². The Morgan fingerprint density at radius 3 is 2.60 bits per heavy atom. The van der Waals surface area contributed by atoms with Gasteiger partial charge in [-0.2, -0.15) is 5.10 Å². The van der Waals surface area contributed by atoms with Gasteiger partial charge in [-0.05, 0) is 25.9 Å². The number of amides is 1. The van der Waals surface area contributed by atoms with Gasteiger partial charge in [0.05, 0.1) is 31.5 Å².